The van der Waals surface area contributed by atoms with E-state index in [9.17, 15) is 9.59 Å². The fourth-order valence-corrected chi connectivity index (χ4v) is 3.18. The number of anilines is 1. The lowest BCUT2D eigenvalue weighted by Crippen LogP contribution is -2.34. The Balaban J connectivity index is 1.61. The first-order chi connectivity index (χ1) is 12.5. The minimum Gasteiger partial charge on any atom is -0.489 e. The average molecular weight is 354 g/mol. The Labute approximate surface area is 152 Å². The molecular formula is C20H22N2O4. The van der Waals surface area contributed by atoms with Gasteiger partial charge >= 0.3 is 5.97 Å². The smallest absolute Gasteiger partial charge is 0.316 e. The molecule has 1 amide bonds. The molecule has 3 rings (SSSR count). The molecule has 1 aliphatic rings. The molecule has 0 fully saturated rings. The Kier molecular flexibility index (Phi) is 5.41. The molecule has 0 radical (unpaired) electrons. The molecule has 136 valence electrons. The number of amides is 1. The highest BCUT2D eigenvalue weighted by molar-refractivity contribution is 5.96. The third-order valence-electron chi connectivity index (χ3n) is 4.62. The van der Waals surface area contributed by atoms with Crippen molar-refractivity contribution in [2.24, 2.45) is 11.7 Å². The molecule has 0 spiro atoms. The van der Waals surface area contributed by atoms with Crippen molar-refractivity contribution in [2.45, 2.75) is 19.4 Å². The molecular weight excluding hydrogens is 332 g/mol. The molecule has 0 saturated carbocycles. The summed E-state index contributed by atoms with van der Waals surface area (Å²) in [6, 6.07) is 15.9. The van der Waals surface area contributed by atoms with Gasteiger partial charge in [0, 0.05) is 18.8 Å². The zero-order chi connectivity index (χ0) is 18.5. The van der Waals surface area contributed by atoms with Crippen molar-refractivity contribution >= 4 is 17.6 Å². The van der Waals surface area contributed by atoms with Crippen LogP contribution in [0.3, 0.4) is 0 Å². The van der Waals surface area contributed by atoms with Gasteiger partial charge in [-0.1, -0.05) is 30.3 Å². The fraction of sp³-hybridized carbons (Fsp3) is 0.300. The molecule has 1 atom stereocenters. The summed E-state index contributed by atoms with van der Waals surface area (Å²) < 4.78 is 5.86. The van der Waals surface area contributed by atoms with Gasteiger partial charge in [-0.15, -0.1) is 0 Å². The van der Waals surface area contributed by atoms with E-state index in [0.717, 1.165) is 30.0 Å². The molecule has 2 aromatic rings. The molecule has 0 aromatic heterocycles. The largest absolute Gasteiger partial charge is 0.489 e. The molecule has 1 unspecified atom stereocenters. The van der Waals surface area contributed by atoms with Crippen LogP contribution in [0.4, 0.5) is 5.69 Å². The normalized spacial score (nSPS) is 13.9. The van der Waals surface area contributed by atoms with E-state index < -0.39 is 17.8 Å². The van der Waals surface area contributed by atoms with Gasteiger partial charge in [0.2, 0.25) is 5.91 Å². The monoisotopic (exact) mass is 354 g/mol. The van der Waals surface area contributed by atoms with Crippen LogP contribution < -0.4 is 15.4 Å². The van der Waals surface area contributed by atoms with E-state index in [2.05, 4.69) is 4.90 Å². The summed E-state index contributed by atoms with van der Waals surface area (Å²) >= 11 is 0. The van der Waals surface area contributed by atoms with Crippen molar-refractivity contribution in [1.29, 1.82) is 0 Å². The number of carbonyl (C=O) groups excluding carboxylic acids is 1. The topological polar surface area (TPSA) is 92.9 Å². The molecule has 6 heteroatoms. The van der Waals surface area contributed by atoms with Gasteiger partial charge in [0.1, 0.15) is 18.3 Å². The van der Waals surface area contributed by atoms with E-state index >= 15 is 0 Å². The average Bonchev–Trinajstić information content (AvgIpc) is 3.03. The van der Waals surface area contributed by atoms with Crippen LogP contribution in [0.2, 0.25) is 0 Å². The number of hydrogen-bond donors (Lipinski definition) is 2. The Morgan fingerprint density at radius 1 is 1.19 bits per heavy atom. The number of ether oxygens (including phenoxy) is 1. The number of nitrogens with zero attached hydrogens (tertiary/aromatic N) is 1. The van der Waals surface area contributed by atoms with Gasteiger partial charge in [-0.05, 0) is 42.2 Å². The Morgan fingerprint density at radius 2 is 1.96 bits per heavy atom. The van der Waals surface area contributed by atoms with E-state index in [1.165, 1.54) is 5.56 Å². The van der Waals surface area contributed by atoms with Crippen LogP contribution in [-0.4, -0.2) is 30.1 Å². The van der Waals surface area contributed by atoms with Gasteiger partial charge in [0.05, 0.1) is 0 Å². The summed E-state index contributed by atoms with van der Waals surface area (Å²) in [5.41, 5.74) is 8.50. The second-order valence-electron chi connectivity index (χ2n) is 6.38. The van der Waals surface area contributed by atoms with Crippen molar-refractivity contribution in [3.05, 3.63) is 59.7 Å². The zero-order valence-electron chi connectivity index (χ0n) is 14.4. The summed E-state index contributed by atoms with van der Waals surface area (Å²) in [4.78, 5) is 24.4. The maximum Gasteiger partial charge on any atom is 0.316 e. The third-order valence-corrected chi connectivity index (χ3v) is 4.62. The van der Waals surface area contributed by atoms with Crippen LogP contribution in [0.5, 0.6) is 5.75 Å². The summed E-state index contributed by atoms with van der Waals surface area (Å²) in [7, 11) is 0. The van der Waals surface area contributed by atoms with Crippen molar-refractivity contribution in [3.63, 3.8) is 0 Å². The Morgan fingerprint density at radius 3 is 2.65 bits per heavy atom. The van der Waals surface area contributed by atoms with E-state index in [4.69, 9.17) is 15.6 Å². The number of hydrogen-bond acceptors (Lipinski definition) is 4. The third kappa shape index (κ3) is 4.14. The summed E-state index contributed by atoms with van der Waals surface area (Å²) in [6.45, 7) is 1.79. The summed E-state index contributed by atoms with van der Waals surface area (Å²) in [5.74, 6) is -2.29. The Bertz CT molecular complexity index is 778. The quantitative estimate of drug-likeness (QED) is 0.709. The number of primary amides is 1. The molecule has 1 aliphatic heterocycles. The number of aliphatic carboxylic acids is 1. The zero-order valence-corrected chi connectivity index (χ0v) is 14.4. The van der Waals surface area contributed by atoms with Crippen molar-refractivity contribution in [2.75, 3.05) is 18.0 Å². The van der Waals surface area contributed by atoms with E-state index in [0.29, 0.717) is 13.2 Å². The highest BCUT2D eigenvalue weighted by Crippen LogP contribution is 2.32. The molecule has 0 saturated heterocycles. The van der Waals surface area contributed by atoms with Crippen molar-refractivity contribution in [1.82, 2.24) is 0 Å². The van der Waals surface area contributed by atoms with E-state index in [1.807, 2.05) is 48.5 Å². The first-order valence-electron chi connectivity index (χ1n) is 8.61. The number of benzene rings is 2. The molecule has 26 heavy (non-hydrogen) atoms. The predicted molar refractivity (Wildman–Crippen MR) is 98.1 cm³/mol. The minimum atomic E-state index is -1.17. The molecule has 6 nitrogen and oxygen atoms in total. The number of nitrogens with two attached hydrogens (primary N) is 1. The number of carbonyl (C=O) groups is 2. The highest BCUT2D eigenvalue weighted by atomic mass is 16.5. The number of fused-ring (bicyclic) bond motifs is 1. The van der Waals surface area contributed by atoms with Gasteiger partial charge in [-0.25, -0.2) is 0 Å². The molecule has 2 aromatic carbocycles. The van der Waals surface area contributed by atoms with Gasteiger partial charge in [-0.2, -0.15) is 0 Å². The molecule has 0 aliphatic carbocycles. The molecule has 1 heterocycles. The first kappa shape index (κ1) is 17.8. The lowest BCUT2D eigenvalue weighted by Gasteiger charge is -2.21. The minimum absolute atomic E-state index is 0.205. The van der Waals surface area contributed by atoms with Crippen LogP contribution in [-0.2, 0) is 22.6 Å². The standard InChI is InChI=1S/C20H22N2O4/c21-19(23)17(20(24)25)9-11-22-10-8-15-12-16(6-7-18(15)22)26-13-14-4-2-1-3-5-14/h1-7,12,17H,8-11,13H2,(H2,21,23)(H,24,25). The predicted octanol–water partition coefficient (Wildman–Crippen LogP) is 2.20. The van der Waals surface area contributed by atoms with Crippen molar-refractivity contribution < 1.29 is 19.4 Å². The maximum atomic E-state index is 11.2. The van der Waals surface area contributed by atoms with Crippen LogP contribution >= 0.6 is 0 Å². The number of carboxylic acid groups (broad SMARTS) is 1. The maximum absolute atomic E-state index is 11.2. The van der Waals surface area contributed by atoms with E-state index in [-0.39, 0.29) is 6.42 Å². The second-order valence-corrected chi connectivity index (χ2v) is 6.38. The van der Waals surface area contributed by atoms with Gasteiger partial charge in [-0.3, -0.25) is 9.59 Å². The van der Waals surface area contributed by atoms with Crippen LogP contribution in [0.15, 0.2) is 48.5 Å². The summed E-state index contributed by atoms with van der Waals surface area (Å²) in [5, 5.41) is 9.07. The van der Waals surface area contributed by atoms with Crippen LogP contribution in [0, 0.1) is 5.92 Å². The lowest BCUT2D eigenvalue weighted by molar-refractivity contribution is -0.146. The Hall–Kier alpha value is -3.02. The molecule has 3 N–H and O–H groups in total. The highest BCUT2D eigenvalue weighted by Gasteiger charge is 2.26. The van der Waals surface area contributed by atoms with E-state index in [1.54, 1.807) is 0 Å². The lowest BCUT2D eigenvalue weighted by atomic mass is 10.1. The van der Waals surface area contributed by atoms with Gasteiger partial charge < -0.3 is 20.5 Å². The fourth-order valence-electron chi connectivity index (χ4n) is 3.18. The molecule has 0 bridgehead atoms. The first-order valence-corrected chi connectivity index (χ1v) is 8.61. The van der Waals surface area contributed by atoms with Gasteiger partial charge in [0.25, 0.3) is 0 Å². The summed E-state index contributed by atoms with van der Waals surface area (Å²) in [6.07, 6.45) is 1.07. The SMILES string of the molecule is NC(=O)C(CCN1CCc2cc(OCc3ccccc3)ccc21)C(=O)O. The van der Waals surface area contributed by atoms with Crippen LogP contribution in [0.25, 0.3) is 0 Å². The van der Waals surface area contributed by atoms with Crippen molar-refractivity contribution in [3.8, 4) is 5.75 Å². The number of carboxylic acids is 1. The second kappa shape index (κ2) is 7.91. The van der Waals surface area contributed by atoms with Crippen LogP contribution in [0.1, 0.15) is 17.5 Å². The number of rotatable bonds is 8. The van der Waals surface area contributed by atoms with Gasteiger partial charge in [0.15, 0.2) is 0 Å².